The summed E-state index contributed by atoms with van der Waals surface area (Å²) in [6, 6.07) is 0. The number of halogens is 1. The molecule has 2 fully saturated rings. The highest BCUT2D eigenvalue weighted by atomic mass is 127. The lowest BCUT2D eigenvalue weighted by atomic mass is 9.86. The largest absolute Gasteiger partial charge is 0.383 e. The highest BCUT2D eigenvalue weighted by molar-refractivity contribution is 14.0. The maximum absolute atomic E-state index is 5.06. The van der Waals surface area contributed by atoms with Crippen LogP contribution in [0.5, 0.6) is 0 Å². The van der Waals surface area contributed by atoms with E-state index in [1.807, 2.05) is 7.05 Å². The van der Waals surface area contributed by atoms with Gasteiger partial charge in [-0.3, -0.25) is 4.99 Å². The van der Waals surface area contributed by atoms with Crippen molar-refractivity contribution in [2.24, 2.45) is 10.4 Å². The van der Waals surface area contributed by atoms with Crippen molar-refractivity contribution in [3.63, 3.8) is 0 Å². The second-order valence-electron chi connectivity index (χ2n) is 5.35. The van der Waals surface area contributed by atoms with Gasteiger partial charge in [0.15, 0.2) is 5.96 Å². The van der Waals surface area contributed by atoms with Gasteiger partial charge in [-0.25, -0.2) is 0 Å². The Morgan fingerprint density at radius 2 is 2.06 bits per heavy atom. The highest BCUT2D eigenvalue weighted by Gasteiger charge is 2.40. The Bertz CT molecular complexity index is 277. The van der Waals surface area contributed by atoms with Gasteiger partial charge in [0.2, 0.25) is 0 Å². The first kappa shape index (κ1) is 16.0. The van der Waals surface area contributed by atoms with Crippen molar-refractivity contribution >= 4 is 29.9 Å². The summed E-state index contributed by atoms with van der Waals surface area (Å²) in [6.07, 6.45) is 7.02. The summed E-state index contributed by atoms with van der Waals surface area (Å²) in [4.78, 5) is 6.79. The molecule has 1 aliphatic heterocycles. The number of hydrogen-bond acceptors (Lipinski definition) is 2. The lowest BCUT2D eigenvalue weighted by molar-refractivity contribution is 0.202. The molecule has 106 valence electrons. The predicted molar refractivity (Wildman–Crippen MR) is 85.7 cm³/mol. The van der Waals surface area contributed by atoms with Crippen LogP contribution in [0.25, 0.3) is 0 Å². The smallest absolute Gasteiger partial charge is 0.193 e. The first-order valence-electron chi connectivity index (χ1n) is 6.74. The van der Waals surface area contributed by atoms with E-state index in [0.717, 1.165) is 25.7 Å². The molecular weight excluding hydrogens is 341 g/mol. The summed E-state index contributed by atoms with van der Waals surface area (Å²) in [5.74, 6) is 1.05. The Morgan fingerprint density at radius 1 is 1.33 bits per heavy atom. The summed E-state index contributed by atoms with van der Waals surface area (Å²) in [5, 5.41) is 3.37. The quantitative estimate of drug-likeness (QED) is 0.359. The van der Waals surface area contributed by atoms with Crippen LogP contribution in [0.1, 0.15) is 32.1 Å². The maximum atomic E-state index is 5.06. The van der Waals surface area contributed by atoms with Gasteiger partial charge in [-0.1, -0.05) is 12.8 Å². The van der Waals surface area contributed by atoms with Gasteiger partial charge >= 0.3 is 0 Å². The van der Waals surface area contributed by atoms with Crippen molar-refractivity contribution in [2.45, 2.75) is 32.1 Å². The molecule has 0 atom stereocenters. The summed E-state index contributed by atoms with van der Waals surface area (Å²) in [5.41, 5.74) is 0.610. The normalized spacial score (nSPS) is 22.3. The van der Waals surface area contributed by atoms with Crippen LogP contribution in [0.4, 0.5) is 0 Å². The fraction of sp³-hybridized carbons (Fsp3) is 0.923. The number of nitrogens with one attached hydrogen (secondary N) is 1. The Labute approximate surface area is 128 Å². The zero-order valence-corrected chi connectivity index (χ0v) is 13.9. The van der Waals surface area contributed by atoms with Crippen LogP contribution in [-0.2, 0) is 4.74 Å². The Balaban J connectivity index is 0.00000162. The summed E-state index contributed by atoms with van der Waals surface area (Å²) >= 11 is 0. The fourth-order valence-corrected chi connectivity index (χ4v) is 3.25. The summed E-state index contributed by atoms with van der Waals surface area (Å²) in [7, 11) is 3.60. The van der Waals surface area contributed by atoms with Gasteiger partial charge in [-0.15, -0.1) is 24.0 Å². The van der Waals surface area contributed by atoms with Crippen LogP contribution in [0.15, 0.2) is 4.99 Å². The number of methoxy groups -OCH3 is 1. The van der Waals surface area contributed by atoms with Crippen LogP contribution in [-0.4, -0.2) is 51.3 Å². The van der Waals surface area contributed by atoms with Crippen molar-refractivity contribution in [1.29, 1.82) is 0 Å². The van der Waals surface area contributed by atoms with Gasteiger partial charge in [0.05, 0.1) is 6.61 Å². The van der Waals surface area contributed by atoms with Gasteiger partial charge in [0.25, 0.3) is 0 Å². The molecule has 1 saturated heterocycles. The average molecular weight is 367 g/mol. The van der Waals surface area contributed by atoms with E-state index in [1.54, 1.807) is 7.11 Å². The molecule has 0 aromatic carbocycles. The first-order valence-corrected chi connectivity index (χ1v) is 6.74. The van der Waals surface area contributed by atoms with Gasteiger partial charge in [-0.2, -0.15) is 0 Å². The Morgan fingerprint density at radius 3 is 2.67 bits per heavy atom. The topological polar surface area (TPSA) is 36.9 Å². The monoisotopic (exact) mass is 367 g/mol. The van der Waals surface area contributed by atoms with E-state index >= 15 is 0 Å². The third-order valence-corrected chi connectivity index (χ3v) is 4.20. The van der Waals surface area contributed by atoms with Gasteiger partial charge in [0, 0.05) is 33.8 Å². The first-order chi connectivity index (χ1) is 8.29. The molecule has 1 heterocycles. The number of rotatable bonds is 3. The highest BCUT2D eigenvalue weighted by Crippen LogP contribution is 2.45. The third-order valence-electron chi connectivity index (χ3n) is 4.20. The Hall–Kier alpha value is -0.0400. The third kappa shape index (κ3) is 3.73. The predicted octanol–water partition coefficient (Wildman–Crippen LogP) is 2.09. The lowest BCUT2D eigenvalue weighted by Gasteiger charge is -2.25. The number of likely N-dealkylation sites (tertiary alicyclic amines) is 1. The van der Waals surface area contributed by atoms with Crippen molar-refractivity contribution < 1.29 is 4.74 Å². The molecule has 5 heteroatoms. The second-order valence-corrected chi connectivity index (χ2v) is 5.35. The molecule has 1 spiro atoms. The van der Waals surface area contributed by atoms with Crippen molar-refractivity contribution in [2.75, 3.05) is 40.4 Å². The minimum atomic E-state index is 0. The molecule has 0 bridgehead atoms. The van der Waals surface area contributed by atoms with E-state index in [-0.39, 0.29) is 24.0 Å². The Kier molecular flexibility index (Phi) is 6.70. The lowest BCUT2D eigenvalue weighted by Crippen LogP contribution is -2.42. The van der Waals surface area contributed by atoms with Crippen LogP contribution in [0.3, 0.4) is 0 Å². The minimum absolute atomic E-state index is 0. The number of ether oxygens (including phenoxy) is 1. The van der Waals surface area contributed by atoms with Crippen LogP contribution >= 0.6 is 24.0 Å². The van der Waals surface area contributed by atoms with Gasteiger partial charge in [-0.05, 0) is 24.7 Å². The fourth-order valence-electron chi connectivity index (χ4n) is 3.25. The van der Waals surface area contributed by atoms with Crippen LogP contribution < -0.4 is 5.32 Å². The van der Waals surface area contributed by atoms with Crippen molar-refractivity contribution in [3.05, 3.63) is 0 Å². The zero-order valence-electron chi connectivity index (χ0n) is 11.6. The van der Waals surface area contributed by atoms with E-state index in [9.17, 15) is 0 Å². The molecule has 1 aliphatic carbocycles. The maximum Gasteiger partial charge on any atom is 0.193 e. The molecule has 0 unspecified atom stereocenters. The minimum Gasteiger partial charge on any atom is -0.383 e. The molecular formula is C13H26IN3O. The molecule has 2 aliphatic rings. The van der Waals surface area contributed by atoms with Crippen LogP contribution in [0, 0.1) is 5.41 Å². The average Bonchev–Trinajstić information content (AvgIpc) is 2.96. The van der Waals surface area contributed by atoms with E-state index in [4.69, 9.17) is 4.74 Å². The molecule has 1 N–H and O–H groups in total. The molecule has 2 rings (SSSR count). The molecule has 0 aromatic rings. The number of hydrogen-bond donors (Lipinski definition) is 1. The summed E-state index contributed by atoms with van der Waals surface area (Å²) in [6.45, 7) is 3.93. The van der Waals surface area contributed by atoms with E-state index in [2.05, 4.69) is 15.2 Å². The molecule has 0 radical (unpaired) electrons. The van der Waals surface area contributed by atoms with Crippen LogP contribution in [0.2, 0.25) is 0 Å². The second kappa shape index (κ2) is 7.53. The molecule has 4 nitrogen and oxygen atoms in total. The molecule has 0 aromatic heterocycles. The SMILES string of the molecule is CN=C(NCCOC)N1CCC2(CCCC2)C1.I. The standard InChI is InChI=1S/C13H25N3O.HI/c1-14-12(15-8-10-17-2)16-9-7-13(11-16)5-3-4-6-13;/h3-11H2,1-2H3,(H,14,15);1H. The summed E-state index contributed by atoms with van der Waals surface area (Å²) < 4.78 is 5.06. The van der Waals surface area contributed by atoms with E-state index in [1.165, 1.54) is 38.6 Å². The zero-order chi connectivity index (χ0) is 12.1. The van der Waals surface area contributed by atoms with Gasteiger partial charge in [0.1, 0.15) is 0 Å². The van der Waals surface area contributed by atoms with Gasteiger partial charge < -0.3 is 15.0 Å². The van der Waals surface area contributed by atoms with E-state index in [0.29, 0.717) is 5.41 Å². The number of guanidine groups is 1. The van der Waals surface area contributed by atoms with Crippen molar-refractivity contribution in [3.8, 4) is 0 Å². The van der Waals surface area contributed by atoms with E-state index < -0.39 is 0 Å². The van der Waals surface area contributed by atoms with Crippen molar-refractivity contribution in [1.82, 2.24) is 10.2 Å². The number of aliphatic imine (C=N–C) groups is 1. The molecule has 0 amide bonds. The molecule has 18 heavy (non-hydrogen) atoms. The number of nitrogens with zero attached hydrogens (tertiary/aromatic N) is 2. The molecule has 1 saturated carbocycles.